The van der Waals surface area contributed by atoms with Gasteiger partial charge >= 0.3 is 6.30 Å². The molecule has 11 heavy (non-hydrogen) atoms. The summed E-state index contributed by atoms with van der Waals surface area (Å²) in [5, 5.41) is 11.1. The van der Waals surface area contributed by atoms with Gasteiger partial charge in [-0.15, -0.1) is 13.2 Å². The molecule has 1 heterocycles. The normalized spacial score (nSPS) is 11.1. The molecule has 0 saturated heterocycles. The molecule has 0 radical (unpaired) electrons. The van der Waals surface area contributed by atoms with Crippen molar-refractivity contribution in [2.24, 2.45) is 0 Å². The SMILES string of the molecule is N#Cc1ccn(C(F)(F)F)n1. The smallest absolute Gasteiger partial charge is 0.191 e. The number of nitriles is 1. The van der Waals surface area contributed by atoms with Crippen LogP contribution in [0.5, 0.6) is 0 Å². The van der Waals surface area contributed by atoms with Crippen LogP contribution in [0, 0.1) is 11.3 Å². The third-order valence-corrected chi connectivity index (χ3v) is 0.963. The minimum absolute atomic E-state index is 0.217. The van der Waals surface area contributed by atoms with E-state index in [1.165, 1.54) is 6.07 Å². The predicted octanol–water partition coefficient (Wildman–Crippen LogP) is 1.23. The third kappa shape index (κ3) is 1.49. The van der Waals surface area contributed by atoms with Gasteiger partial charge in [-0.1, -0.05) is 0 Å². The minimum atomic E-state index is -4.53. The maximum absolute atomic E-state index is 11.7. The van der Waals surface area contributed by atoms with Gasteiger partial charge in [-0.3, -0.25) is 0 Å². The second-order valence-electron chi connectivity index (χ2n) is 1.73. The van der Waals surface area contributed by atoms with Gasteiger partial charge < -0.3 is 0 Å². The van der Waals surface area contributed by atoms with Gasteiger partial charge in [0, 0.05) is 6.20 Å². The molecule has 0 aromatic carbocycles. The molecule has 0 spiro atoms. The summed E-state index contributed by atoms with van der Waals surface area (Å²) in [6, 6.07) is 2.48. The molecule has 6 heteroatoms. The Morgan fingerprint density at radius 3 is 2.45 bits per heavy atom. The second kappa shape index (κ2) is 2.27. The molecule has 0 unspecified atom stereocenters. The molecule has 0 aliphatic carbocycles. The molecule has 3 nitrogen and oxygen atoms in total. The van der Waals surface area contributed by atoms with Gasteiger partial charge in [0.25, 0.3) is 0 Å². The summed E-state index contributed by atoms with van der Waals surface area (Å²) in [6.07, 6.45) is -3.84. The first-order valence-electron chi connectivity index (χ1n) is 2.57. The summed E-state index contributed by atoms with van der Waals surface area (Å²) in [4.78, 5) is 0. The van der Waals surface area contributed by atoms with Gasteiger partial charge in [-0.05, 0) is 6.07 Å². The molecule has 0 fully saturated rings. The number of hydrogen-bond donors (Lipinski definition) is 0. The highest BCUT2D eigenvalue weighted by molar-refractivity contribution is 5.16. The molecular formula is C5H2F3N3. The lowest BCUT2D eigenvalue weighted by atomic mass is 10.5. The van der Waals surface area contributed by atoms with Crippen LogP contribution in [0.1, 0.15) is 5.69 Å². The number of rotatable bonds is 0. The summed E-state index contributed by atoms with van der Waals surface area (Å²) >= 11 is 0. The maximum Gasteiger partial charge on any atom is 0.504 e. The van der Waals surface area contributed by atoms with Crippen molar-refractivity contribution in [2.45, 2.75) is 6.30 Å². The van der Waals surface area contributed by atoms with Crippen LogP contribution in [0.3, 0.4) is 0 Å². The zero-order valence-electron chi connectivity index (χ0n) is 5.13. The van der Waals surface area contributed by atoms with Crippen LogP contribution in [-0.2, 0) is 6.30 Å². The molecule has 0 atom stereocenters. The molecule has 0 amide bonds. The predicted molar refractivity (Wildman–Crippen MR) is 28.2 cm³/mol. The van der Waals surface area contributed by atoms with E-state index in [1.54, 1.807) is 0 Å². The van der Waals surface area contributed by atoms with Crippen LogP contribution in [0.2, 0.25) is 0 Å². The number of aromatic nitrogens is 2. The average molecular weight is 161 g/mol. The topological polar surface area (TPSA) is 41.6 Å². The van der Waals surface area contributed by atoms with Crippen LogP contribution in [0.15, 0.2) is 12.3 Å². The van der Waals surface area contributed by atoms with E-state index in [4.69, 9.17) is 5.26 Å². The summed E-state index contributed by atoms with van der Waals surface area (Å²) in [5.41, 5.74) is -0.248. The molecule has 1 aromatic heterocycles. The first-order chi connectivity index (χ1) is 5.04. The Labute approximate surface area is 59.7 Å². The van der Waals surface area contributed by atoms with E-state index < -0.39 is 6.30 Å². The van der Waals surface area contributed by atoms with Crippen molar-refractivity contribution in [2.75, 3.05) is 0 Å². The maximum atomic E-state index is 11.7. The van der Waals surface area contributed by atoms with Gasteiger partial charge in [0.15, 0.2) is 5.69 Å². The third-order valence-electron chi connectivity index (χ3n) is 0.963. The number of alkyl halides is 3. The van der Waals surface area contributed by atoms with Crippen molar-refractivity contribution in [1.29, 1.82) is 5.26 Å². The Balaban J connectivity index is 3.01. The largest absolute Gasteiger partial charge is 0.504 e. The van der Waals surface area contributed by atoms with Crippen LogP contribution >= 0.6 is 0 Å². The molecule has 0 bridgehead atoms. The van der Waals surface area contributed by atoms with Crippen molar-refractivity contribution in [3.63, 3.8) is 0 Å². The highest BCUT2D eigenvalue weighted by atomic mass is 19.4. The van der Waals surface area contributed by atoms with E-state index in [1.807, 2.05) is 0 Å². The minimum Gasteiger partial charge on any atom is -0.191 e. The standard InChI is InChI=1S/C5H2F3N3/c6-5(7,8)11-2-1-4(3-9)10-11/h1-2H. The van der Waals surface area contributed by atoms with Crippen molar-refractivity contribution in [3.05, 3.63) is 18.0 Å². The molecular weight excluding hydrogens is 159 g/mol. The van der Waals surface area contributed by atoms with E-state index in [0.29, 0.717) is 6.20 Å². The Morgan fingerprint density at radius 1 is 1.55 bits per heavy atom. The molecule has 0 saturated carbocycles. The van der Waals surface area contributed by atoms with E-state index in [-0.39, 0.29) is 10.4 Å². The first-order valence-corrected chi connectivity index (χ1v) is 2.57. The molecule has 1 rings (SSSR count). The highest BCUT2D eigenvalue weighted by Gasteiger charge is 2.31. The molecule has 0 N–H and O–H groups in total. The Kier molecular flexibility index (Phi) is 1.57. The van der Waals surface area contributed by atoms with Crippen molar-refractivity contribution in [1.82, 2.24) is 9.78 Å². The van der Waals surface area contributed by atoms with E-state index in [2.05, 4.69) is 5.10 Å². The number of nitrogens with zero attached hydrogens (tertiary/aromatic N) is 3. The number of halogens is 3. The van der Waals surface area contributed by atoms with Crippen molar-refractivity contribution >= 4 is 0 Å². The molecule has 58 valence electrons. The zero-order valence-corrected chi connectivity index (χ0v) is 5.13. The van der Waals surface area contributed by atoms with Crippen LogP contribution in [-0.4, -0.2) is 9.78 Å². The zero-order chi connectivity index (χ0) is 8.48. The first kappa shape index (κ1) is 7.60. The lowest BCUT2D eigenvalue weighted by molar-refractivity contribution is -0.212. The Bertz CT molecular complexity index is 293. The summed E-state index contributed by atoms with van der Waals surface area (Å²) in [7, 11) is 0. The Hall–Kier alpha value is -1.51. The van der Waals surface area contributed by atoms with Crippen LogP contribution in [0.25, 0.3) is 0 Å². The average Bonchev–Trinajstić information content (AvgIpc) is 2.32. The van der Waals surface area contributed by atoms with E-state index in [0.717, 1.165) is 6.07 Å². The fraction of sp³-hybridized carbons (Fsp3) is 0.200. The molecule has 0 aliphatic heterocycles. The van der Waals surface area contributed by atoms with E-state index in [9.17, 15) is 13.2 Å². The van der Waals surface area contributed by atoms with Crippen molar-refractivity contribution < 1.29 is 13.2 Å². The highest BCUT2D eigenvalue weighted by Crippen LogP contribution is 2.20. The molecule has 1 aromatic rings. The Morgan fingerprint density at radius 2 is 2.18 bits per heavy atom. The summed E-state index contributed by atoms with van der Waals surface area (Å²) in [6.45, 7) is 0. The summed E-state index contributed by atoms with van der Waals surface area (Å²) < 4.78 is 35.0. The van der Waals surface area contributed by atoms with Crippen LogP contribution < -0.4 is 0 Å². The van der Waals surface area contributed by atoms with E-state index >= 15 is 0 Å². The van der Waals surface area contributed by atoms with Crippen molar-refractivity contribution in [3.8, 4) is 6.07 Å². The van der Waals surface area contributed by atoms with Gasteiger partial charge in [-0.2, -0.15) is 15.0 Å². The molecule has 0 aliphatic rings. The fourth-order valence-corrected chi connectivity index (χ4v) is 0.525. The summed E-state index contributed by atoms with van der Waals surface area (Å²) in [5.74, 6) is 0. The fourth-order valence-electron chi connectivity index (χ4n) is 0.525. The number of hydrogen-bond acceptors (Lipinski definition) is 2. The quantitative estimate of drug-likeness (QED) is 0.574. The lowest BCUT2D eigenvalue weighted by Crippen LogP contribution is -2.17. The van der Waals surface area contributed by atoms with Gasteiger partial charge in [-0.25, -0.2) is 0 Å². The van der Waals surface area contributed by atoms with Gasteiger partial charge in [0.1, 0.15) is 6.07 Å². The van der Waals surface area contributed by atoms with Gasteiger partial charge in [0.05, 0.1) is 0 Å². The van der Waals surface area contributed by atoms with Crippen LogP contribution in [0.4, 0.5) is 13.2 Å². The van der Waals surface area contributed by atoms with Gasteiger partial charge in [0.2, 0.25) is 0 Å². The monoisotopic (exact) mass is 161 g/mol. The lowest BCUT2D eigenvalue weighted by Gasteiger charge is -2.03. The second-order valence-corrected chi connectivity index (χ2v) is 1.73.